The monoisotopic (exact) mass is 197 g/mol. The third-order valence-corrected chi connectivity index (χ3v) is 2.17. The summed E-state index contributed by atoms with van der Waals surface area (Å²) in [6.07, 6.45) is 5.25. The van der Waals surface area contributed by atoms with E-state index < -0.39 is 0 Å². The van der Waals surface area contributed by atoms with Crippen LogP contribution in [0.2, 0.25) is 0 Å². The molecule has 0 saturated heterocycles. The smallest absolute Gasteiger partial charge is 0.202 e. The van der Waals surface area contributed by atoms with E-state index >= 15 is 0 Å². The Morgan fingerprint density at radius 1 is 1.57 bits per heavy atom. The van der Waals surface area contributed by atoms with Gasteiger partial charge in [0.25, 0.3) is 0 Å². The first-order valence-electron chi connectivity index (χ1n) is 5.21. The average Bonchev–Trinajstić information content (AvgIpc) is 2.62. The Bertz CT molecular complexity index is 260. The van der Waals surface area contributed by atoms with E-state index in [-0.39, 0.29) is 6.10 Å². The third kappa shape index (κ3) is 3.03. The Kier molecular flexibility index (Phi) is 4.46. The number of nitrogens with one attached hydrogen (secondary N) is 1. The first-order chi connectivity index (χ1) is 6.77. The quantitative estimate of drug-likeness (QED) is 0.726. The van der Waals surface area contributed by atoms with Gasteiger partial charge in [0.2, 0.25) is 5.95 Å². The van der Waals surface area contributed by atoms with Gasteiger partial charge in [-0.3, -0.25) is 0 Å². The maximum atomic E-state index is 9.51. The molecule has 0 aliphatic heterocycles. The van der Waals surface area contributed by atoms with Crippen LogP contribution in [0.4, 0.5) is 5.95 Å². The number of aliphatic hydroxyl groups is 1. The average molecular weight is 197 g/mol. The first kappa shape index (κ1) is 11.0. The lowest BCUT2D eigenvalue weighted by Crippen LogP contribution is -2.20. The second kappa shape index (κ2) is 5.65. The van der Waals surface area contributed by atoms with Crippen LogP contribution < -0.4 is 5.32 Å². The molecule has 14 heavy (non-hydrogen) atoms. The van der Waals surface area contributed by atoms with E-state index in [1.165, 1.54) is 0 Å². The number of imidazole rings is 1. The van der Waals surface area contributed by atoms with Crippen LogP contribution in [0.15, 0.2) is 12.4 Å². The maximum Gasteiger partial charge on any atom is 0.202 e. The summed E-state index contributed by atoms with van der Waals surface area (Å²) >= 11 is 0. The van der Waals surface area contributed by atoms with Gasteiger partial charge >= 0.3 is 0 Å². The molecular weight excluding hydrogens is 178 g/mol. The van der Waals surface area contributed by atoms with Gasteiger partial charge in [-0.2, -0.15) is 0 Å². The topological polar surface area (TPSA) is 50.1 Å². The molecule has 0 bridgehead atoms. The molecule has 0 amide bonds. The normalized spacial score (nSPS) is 12.8. The van der Waals surface area contributed by atoms with Gasteiger partial charge in [0.15, 0.2) is 0 Å². The van der Waals surface area contributed by atoms with Crippen LogP contribution in [0.25, 0.3) is 0 Å². The Hall–Kier alpha value is -1.03. The van der Waals surface area contributed by atoms with Gasteiger partial charge < -0.3 is 15.0 Å². The minimum Gasteiger partial charge on any atom is -0.391 e. The molecule has 4 nitrogen and oxygen atoms in total. The Balaban J connectivity index is 2.37. The molecule has 1 unspecified atom stereocenters. The zero-order chi connectivity index (χ0) is 10.4. The van der Waals surface area contributed by atoms with Crippen LogP contribution >= 0.6 is 0 Å². The van der Waals surface area contributed by atoms with Crippen LogP contribution in [-0.4, -0.2) is 27.3 Å². The van der Waals surface area contributed by atoms with Crippen molar-refractivity contribution >= 4 is 5.95 Å². The highest BCUT2D eigenvalue weighted by atomic mass is 16.3. The molecule has 2 N–H and O–H groups in total. The number of aliphatic hydroxyl groups excluding tert-OH is 1. The molecule has 4 heteroatoms. The largest absolute Gasteiger partial charge is 0.391 e. The summed E-state index contributed by atoms with van der Waals surface area (Å²) in [5, 5.41) is 12.6. The molecule has 0 fully saturated rings. The van der Waals surface area contributed by atoms with Crippen LogP contribution in [0.5, 0.6) is 0 Å². The van der Waals surface area contributed by atoms with Crippen LogP contribution in [0, 0.1) is 0 Å². The van der Waals surface area contributed by atoms with Crippen LogP contribution in [0.3, 0.4) is 0 Å². The molecule has 80 valence electrons. The number of nitrogens with zero attached hydrogens (tertiary/aromatic N) is 2. The van der Waals surface area contributed by atoms with Gasteiger partial charge in [-0.05, 0) is 13.3 Å². The fraction of sp³-hybridized carbons (Fsp3) is 0.700. The van der Waals surface area contributed by atoms with E-state index in [1.54, 1.807) is 6.20 Å². The first-order valence-corrected chi connectivity index (χ1v) is 5.21. The number of hydrogen-bond acceptors (Lipinski definition) is 3. The number of aryl methyl sites for hydroxylation is 1. The summed E-state index contributed by atoms with van der Waals surface area (Å²) in [7, 11) is 0. The zero-order valence-electron chi connectivity index (χ0n) is 8.90. The number of anilines is 1. The van der Waals surface area contributed by atoms with E-state index in [0.29, 0.717) is 6.54 Å². The second-order valence-electron chi connectivity index (χ2n) is 3.36. The molecule has 1 aromatic rings. The highest BCUT2D eigenvalue weighted by molar-refractivity contribution is 5.25. The van der Waals surface area contributed by atoms with Gasteiger partial charge in [-0.25, -0.2) is 4.98 Å². The highest BCUT2D eigenvalue weighted by Gasteiger charge is 2.04. The lowest BCUT2D eigenvalue weighted by Gasteiger charge is -2.11. The SMILES string of the molecule is CCCC(O)CNc1nccn1CC. The van der Waals surface area contributed by atoms with Gasteiger partial charge in [-0.15, -0.1) is 0 Å². The molecule has 0 saturated carbocycles. The predicted molar refractivity (Wildman–Crippen MR) is 57.3 cm³/mol. The minimum absolute atomic E-state index is 0.276. The fourth-order valence-electron chi connectivity index (χ4n) is 1.38. The molecule has 0 spiro atoms. The van der Waals surface area contributed by atoms with E-state index in [4.69, 9.17) is 0 Å². The van der Waals surface area contributed by atoms with E-state index in [0.717, 1.165) is 25.3 Å². The molecule has 1 atom stereocenters. The lowest BCUT2D eigenvalue weighted by atomic mass is 10.2. The van der Waals surface area contributed by atoms with Crippen molar-refractivity contribution in [2.75, 3.05) is 11.9 Å². The Morgan fingerprint density at radius 2 is 2.36 bits per heavy atom. The molecule has 0 aliphatic carbocycles. The van der Waals surface area contributed by atoms with E-state index in [1.807, 2.05) is 10.8 Å². The standard InChI is InChI=1S/C10H19N3O/c1-3-5-9(14)8-12-10-11-6-7-13(10)4-2/h6-7,9,14H,3-5,8H2,1-2H3,(H,11,12). The van der Waals surface area contributed by atoms with E-state index in [9.17, 15) is 5.11 Å². The van der Waals surface area contributed by atoms with Crippen molar-refractivity contribution in [1.82, 2.24) is 9.55 Å². The molecule has 0 radical (unpaired) electrons. The van der Waals surface area contributed by atoms with Crippen LogP contribution in [0.1, 0.15) is 26.7 Å². The number of hydrogen-bond donors (Lipinski definition) is 2. The van der Waals surface area contributed by atoms with Gasteiger partial charge in [0.05, 0.1) is 6.10 Å². The molecule has 1 aromatic heterocycles. The molecule has 1 rings (SSSR count). The third-order valence-electron chi connectivity index (χ3n) is 2.17. The van der Waals surface area contributed by atoms with Crippen molar-refractivity contribution in [3.8, 4) is 0 Å². The van der Waals surface area contributed by atoms with Crippen molar-refractivity contribution in [3.05, 3.63) is 12.4 Å². The Morgan fingerprint density at radius 3 is 3.00 bits per heavy atom. The summed E-state index contributed by atoms with van der Waals surface area (Å²) in [6, 6.07) is 0. The summed E-state index contributed by atoms with van der Waals surface area (Å²) in [4.78, 5) is 4.16. The van der Waals surface area contributed by atoms with Crippen molar-refractivity contribution in [3.63, 3.8) is 0 Å². The van der Waals surface area contributed by atoms with Crippen molar-refractivity contribution < 1.29 is 5.11 Å². The van der Waals surface area contributed by atoms with Crippen molar-refractivity contribution in [1.29, 1.82) is 0 Å². The maximum absolute atomic E-state index is 9.51. The molecule has 0 aliphatic rings. The fourth-order valence-corrected chi connectivity index (χ4v) is 1.38. The highest BCUT2D eigenvalue weighted by Crippen LogP contribution is 2.04. The lowest BCUT2D eigenvalue weighted by molar-refractivity contribution is 0.176. The molecule has 0 aromatic carbocycles. The number of aromatic nitrogens is 2. The summed E-state index contributed by atoms with van der Waals surface area (Å²) in [5.41, 5.74) is 0. The minimum atomic E-state index is -0.276. The van der Waals surface area contributed by atoms with Crippen molar-refractivity contribution in [2.24, 2.45) is 0 Å². The summed E-state index contributed by atoms with van der Waals surface area (Å²) in [5.74, 6) is 0.836. The zero-order valence-corrected chi connectivity index (χ0v) is 8.90. The Labute approximate surface area is 85.0 Å². The van der Waals surface area contributed by atoms with Gasteiger partial charge in [-0.1, -0.05) is 13.3 Å². The van der Waals surface area contributed by atoms with Gasteiger partial charge in [0, 0.05) is 25.5 Å². The summed E-state index contributed by atoms with van der Waals surface area (Å²) in [6.45, 7) is 5.60. The predicted octanol–water partition coefficient (Wildman–Crippen LogP) is 1.48. The second-order valence-corrected chi connectivity index (χ2v) is 3.36. The van der Waals surface area contributed by atoms with Crippen molar-refractivity contribution in [2.45, 2.75) is 39.3 Å². The molecule has 1 heterocycles. The molecular formula is C10H19N3O. The van der Waals surface area contributed by atoms with Gasteiger partial charge in [0.1, 0.15) is 0 Å². The summed E-state index contributed by atoms with van der Waals surface area (Å²) < 4.78 is 2.01. The number of rotatable bonds is 6. The van der Waals surface area contributed by atoms with E-state index in [2.05, 4.69) is 24.1 Å². The van der Waals surface area contributed by atoms with Crippen LogP contribution in [-0.2, 0) is 6.54 Å².